The fourth-order valence-corrected chi connectivity index (χ4v) is 10.4. The zero-order valence-electron chi connectivity index (χ0n) is 43.2. The summed E-state index contributed by atoms with van der Waals surface area (Å²) in [4.78, 5) is 0. The molecular formula is C62H79O3P. The van der Waals surface area contributed by atoms with E-state index in [0.29, 0.717) is 30.6 Å². The molecule has 0 radical (unpaired) electrons. The van der Waals surface area contributed by atoms with Gasteiger partial charge in [0.2, 0.25) is 0 Å². The standard InChI is InChI=1S/C62H79O3P/c1-36(2)46-32-48(38(5)6)58(49(33-46)39(7)8)56-27-42(13)25-52(60(56)63)54-30-45(29-44-21-18-17-19-22-44)31-55(62(54)65-23-20-24-66(15)16)53-26-43(14)28-57(61(53)64)59-50(40(9)10)34-47(37(3)4)35-51(59)41(11)12/h17-19,21-22,25-28,30-41,63-64H,20,23-24,29H2,1-16H3. The molecule has 0 aliphatic heterocycles. The summed E-state index contributed by atoms with van der Waals surface area (Å²) in [5, 5.41) is 26.1. The van der Waals surface area contributed by atoms with E-state index in [0.717, 1.165) is 73.8 Å². The largest absolute Gasteiger partial charge is 0.507 e. The fourth-order valence-electron chi connectivity index (χ4n) is 9.62. The second kappa shape index (κ2) is 21.4. The Kier molecular flexibility index (Phi) is 16.4. The van der Waals surface area contributed by atoms with Crippen LogP contribution in [-0.2, 0) is 6.42 Å². The van der Waals surface area contributed by atoms with Crippen molar-refractivity contribution in [1.29, 1.82) is 0 Å². The summed E-state index contributed by atoms with van der Waals surface area (Å²) in [5.41, 5.74) is 19.1. The van der Waals surface area contributed by atoms with Crippen LogP contribution in [0.5, 0.6) is 17.2 Å². The van der Waals surface area contributed by atoms with Crippen molar-refractivity contribution in [3.8, 4) is 61.8 Å². The van der Waals surface area contributed by atoms with Crippen LogP contribution in [0.1, 0.15) is 181 Å². The Morgan fingerprint density at radius 3 is 1.18 bits per heavy atom. The predicted molar refractivity (Wildman–Crippen MR) is 289 cm³/mol. The van der Waals surface area contributed by atoms with Gasteiger partial charge >= 0.3 is 0 Å². The van der Waals surface area contributed by atoms with E-state index in [2.05, 4.69) is 201 Å². The lowest BCUT2D eigenvalue weighted by Gasteiger charge is -2.26. The van der Waals surface area contributed by atoms with Gasteiger partial charge in [-0.1, -0.05) is 138 Å². The molecule has 0 aliphatic rings. The maximum Gasteiger partial charge on any atom is 0.135 e. The van der Waals surface area contributed by atoms with Crippen LogP contribution >= 0.6 is 7.92 Å². The molecule has 0 heterocycles. The van der Waals surface area contributed by atoms with Crippen molar-refractivity contribution >= 4 is 7.92 Å². The average Bonchev–Trinajstić information content (AvgIpc) is 3.25. The molecule has 0 unspecified atom stereocenters. The Hall–Kier alpha value is -4.85. The first-order valence-corrected chi connectivity index (χ1v) is 27.1. The monoisotopic (exact) mass is 903 g/mol. The summed E-state index contributed by atoms with van der Waals surface area (Å²) in [5.74, 6) is 2.93. The highest BCUT2D eigenvalue weighted by Gasteiger charge is 2.28. The second-order valence-corrected chi connectivity index (χ2v) is 23.8. The first-order chi connectivity index (χ1) is 31.2. The molecule has 0 fully saturated rings. The van der Waals surface area contributed by atoms with Crippen LogP contribution in [0.25, 0.3) is 44.5 Å². The van der Waals surface area contributed by atoms with Gasteiger partial charge in [0.05, 0.1) is 6.61 Å². The molecule has 3 nitrogen and oxygen atoms in total. The maximum absolute atomic E-state index is 13.0. The van der Waals surface area contributed by atoms with E-state index in [9.17, 15) is 10.2 Å². The van der Waals surface area contributed by atoms with Crippen molar-refractivity contribution in [3.05, 3.63) is 147 Å². The fraction of sp³-hybridized carbons (Fsp3) is 0.419. The molecule has 350 valence electrons. The molecule has 6 aromatic rings. The quantitative estimate of drug-likeness (QED) is 0.0708. The van der Waals surface area contributed by atoms with Gasteiger partial charge in [-0.2, -0.15) is 0 Å². The molecule has 0 saturated heterocycles. The first-order valence-electron chi connectivity index (χ1n) is 24.7. The minimum Gasteiger partial charge on any atom is -0.507 e. The van der Waals surface area contributed by atoms with E-state index in [1.165, 1.54) is 38.9 Å². The molecule has 66 heavy (non-hydrogen) atoms. The molecule has 2 N–H and O–H groups in total. The topological polar surface area (TPSA) is 49.7 Å². The lowest BCUT2D eigenvalue weighted by atomic mass is 9.80. The Labute approximate surface area is 400 Å². The van der Waals surface area contributed by atoms with Crippen molar-refractivity contribution in [2.24, 2.45) is 0 Å². The van der Waals surface area contributed by atoms with Crippen LogP contribution < -0.4 is 4.74 Å². The number of rotatable bonds is 17. The molecule has 0 aromatic heterocycles. The van der Waals surface area contributed by atoms with Crippen molar-refractivity contribution in [1.82, 2.24) is 0 Å². The minimum absolute atomic E-state index is 0.105. The third kappa shape index (κ3) is 11.1. The molecule has 6 rings (SSSR count). The molecule has 6 aromatic carbocycles. The molecule has 0 spiro atoms. The third-order valence-electron chi connectivity index (χ3n) is 13.3. The van der Waals surface area contributed by atoms with Gasteiger partial charge in [-0.25, -0.2) is 0 Å². The van der Waals surface area contributed by atoms with Gasteiger partial charge in [0.1, 0.15) is 17.2 Å². The van der Waals surface area contributed by atoms with Gasteiger partial charge in [-0.3, -0.25) is 0 Å². The van der Waals surface area contributed by atoms with E-state index in [1.54, 1.807) is 0 Å². The van der Waals surface area contributed by atoms with E-state index < -0.39 is 0 Å². The van der Waals surface area contributed by atoms with E-state index in [1.807, 2.05) is 0 Å². The molecule has 0 amide bonds. The minimum atomic E-state index is -0.105. The smallest absolute Gasteiger partial charge is 0.135 e. The average molecular weight is 903 g/mol. The Morgan fingerprint density at radius 2 is 0.833 bits per heavy atom. The van der Waals surface area contributed by atoms with Gasteiger partial charge < -0.3 is 14.9 Å². The summed E-state index contributed by atoms with van der Waals surface area (Å²) in [6.45, 7) is 36.6. The number of ether oxygens (including phenoxy) is 1. The summed E-state index contributed by atoms with van der Waals surface area (Å²) < 4.78 is 7.13. The van der Waals surface area contributed by atoms with Crippen LogP contribution in [0.3, 0.4) is 0 Å². The van der Waals surface area contributed by atoms with E-state index >= 15 is 0 Å². The highest BCUT2D eigenvalue weighted by molar-refractivity contribution is 7.55. The Balaban J connectivity index is 1.74. The number of phenols is 2. The normalized spacial score (nSPS) is 12.0. The summed E-state index contributed by atoms with van der Waals surface area (Å²) in [6, 6.07) is 33.1. The lowest BCUT2D eigenvalue weighted by Crippen LogP contribution is -2.06. The molecule has 0 aliphatic carbocycles. The van der Waals surface area contributed by atoms with Gasteiger partial charge in [0, 0.05) is 33.4 Å². The first kappa shape index (κ1) is 50.6. The molecule has 0 atom stereocenters. The molecule has 0 bridgehead atoms. The van der Waals surface area contributed by atoms with Crippen LogP contribution in [0, 0.1) is 13.8 Å². The number of benzene rings is 6. The highest BCUT2D eigenvalue weighted by Crippen LogP contribution is 2.53. The summed E-state index contributed by atoms with van der Waals surface area (Å²) >= 11 is 0. The number of aryl methyl sites for hydroxylation is 2. The number of hydrogen-bond acceptors (Lipinski definition) is 3. The second-order valence-electron chi connectivity index (χ2n) is 21.2. The SMILES string of the molecule is Cc1cc(-c2cc(Cc3ccccc3)cc(-c3cc(C)cc(-c4c(C(C)C)cc(C(C)C)cc4C(C)C)c3O)c2OCCCP(C)C)c(O)c(-c2c(C(C)C)cc(C(C)C)cc2C(C)C)c1. The number of hydrogen-bond donors (Lipinski definition) is 2. The van der Waals surface area contributed by atoms with Crippen molar-refractivity contribution in [2.75, 3.05) is 26.1 Å². The van der Waals surface area contributed by atoms with Gasteiger partial charge in [0.15, 0.2) is 0 Å². The predicted octanol–water partition coefficient (Wildman–Crippen LogP) is 18.2. The van der Waals surface area contributed by atoms with Crippen LogP contribution in [0.4, 0.5) is 0 Å². The van der Waals surface area contributed by atoms with Gasteiger partial charge in [0.25, 0.3) is 0 Å². The van der Waals surface area contributed by atoms with E-state index in [-0.39, 0.29) is 43.1 Å². The summed E-state index contributed by atoms with van der Waals surface area (Å²) in [6.07, 6.45) is 2.68. The third-order valence-corrected chi connectivity index (χ3v) is 14.5. The molecular weight excluding hydrogens is 824 g/mol. The van der Waals surface area contributed by atoms with Gasteiger partial charge in [-0.05, 0) is 185 Å². The molecule has 4 heteroatoms. The Bertz CT molecular complexity index is 2430. The molecule has 0 saturated carbocycles. The van der Waals surface area contributed by atoms with Crippen molar-refractivity contribution in [3.63, 3.8) is 0 Å². The number of aromatic hydroxyl groups is 2. The lowest BCUT2D eigenvalue weighted by molar-refractivity contribution is 0.320. The van der Waals surface area contributed by atoms with Crippen molar-refractivity contribution in [2.45, 2.75) is 145 Å². The number of phenolic OH excluding ortho intramolecular Hbond substituents is 2. The van der Waals surface area contributed by atoms with Gasteiger partial charge in [-0.15, -0.1) is 7.92 Å². The zero-order valence-corrected chi connectivity index (χ0v) is 44.1. The van der Waals surface area contributed by atoms with E-state index in [4.69, 9.17) is 4.74 Å². The van der Waals surface area contributed by atoms with Crippen LogP contribution in [0.15, 0.2) is 91.0 Å². The van der Waals surface area contributed by atoms with Crippen molar-refractivity contribution < 1.29 is 14.9 Å². The van der Waals surface area contributed by atoms with Crippen LogP contribution in [-0.4, -0.2) is 36.3 Å². The maximum atomic E-state index is 13.0. The van der Waals surface area contributed by atoms with Crippen LogP contribution in [0.2, 0.25) is 0 Å². The highest BCUT2D eigenvalue weighted by atomic mass is 31.1. The summed E-state index contributed by atoms with van der Waals surface area (Å²) in [7, 11) is -0.105. The zero-order chi connectivity index (χ0) is 48.3. The Morgan fingerprint density at radius 1 is 0.455 bits per heavy atom.